The molecular formula is C30H42N2O6. The molecule has 0 aliphatic heterocycles. The van der Waals surface area contributed by atoms with Gasteiger partial charge in [0.25, 0.3) is 0 Å². The molecule has 0 aromatic carbocycles. The third-order valence-electron chi connectivity index (χ3n) is 8.54. The number of hydrogen-bond acceptors (Lipinski definition) is 6. The third-order valence-corrected chi connectivity index (χ3v) is 8.54. The van der Waals surface area contributed by atoms with Crippen LogP contribution < -0.4 is 10.6 Å². The summed E-state index contributed by atoms with van der Waals surface area (Å²) in [5, 5.41) is 5.47. The molecule has 0 radical (unpaired) electrons. The monoisotopic (exact) mass is 526 g/mol. The lowest BCUT2D eigenvalue weighted by Gasteiger charge is -2.17. The van der Waals surface area contributed by atoms with Crippen molar-refractivity contribution in [2.75, 3.05) is 26.4 Å². The van der Waals surface area contributed by atoms with E-state index in [1.54, 1.807) is 6.92 Å². The van der Waals surface area contributed by atoms with E-state index in [9.17, 15) is 14.4 Å². The van der Waals surface area contributed by atoms with Crippen molar-refractivity contribution in [2.45, 2.75) is 83.6 Å². The molecule has 8 nitrogen and oxygen atoms in total. The fourth-order valence-corrected chi connectivity index (χ4v) is 6.30. The average Bonchev–Trinajstić information content (AvgIpc) is 3.73. The van der Waals surface area contributed by atoms with Gasteiger partial charge in [-0.25, -0.2) is 14.4 Å². The first-order chi connectivity index (χ1) is 18.6. The van der Waals surface area contributed by atoms with Crippen LogP contribution in [0.15, 0.2) is 0 Å². The van der Waals surface area contributed by atoms with Gasteiger partial charge < -0.3 is 24.8 Å². The first-order valence-corrected chi connectivity index (χ1v) is 14.5. The van der Waals surface area contributed by atoms with Gasteiger partial charge in [0.2, 0.25) is 0 Å². The summed E-state index contributed by atoms with van der Waals surface area (Å²) in [6, 6.07) is -0.772. The van der Waals surface area contributed by atoms with Crippen LogP contribution in [0.5, 0.6) is 0 Å². The van der Waals surface area contributed by atoms with Gasteiger partial charge in [-0.3, -0.25) is 0 Å². The lowest BCUT2D eigenvalue weighted by atomic mass is 10.1. The Hall–Kier alpha value is -2.87. The zero-order valence-electron chi connectivity index (χ0n) is 22.6. The van der Waals surface area contributed by atoms with Crippen LogP contribution in [-0.4, -0.2) is 50.6 Å². The number of unbranched alkanes of at least 4 members (excludes halogenated alkanes) is 1. The van der Waals surface area contributed by atoms with Crippen LogP contribution in [0.3, 0.4) is 0 Å². The molecular weight excluding hydrogens is 484 g/mol. The van der Waals surface area contributed by atoms with Crippen molar-refractivity contribution in [3.8, 4) is 23.7 Å². The molecule has 2 saturated carbocycles. The maximum atomic E-state index is 12.4. The maximum Gasteiger partial charge on any atom is 0.407 e. The van der Waals surface area contributed by atoms with Crippen LogP contribution in [0.4, 0.5) is 9.59 Å². The standard InChI is InChI=1S/C30H42N2O6/c1-2-36-28(33)27(32-30(35)38-20-26-23-15-9-5-6-10-16-24(23)26)17-11-12-18-31-29(34)37-19-25-21-13-7-3-4-8-14-22(21)25/h21-27H,2,7-20H2,1H3,(H,31,34)(H,32,35)/t21-,22+,23-,24+,25?,26-,27-/m0/s1. The minimum Gasteiger partial charge on any atom is -0.464 e. The van der Waals surface area contributed by atoms with Gasteiger partial charge in [0.1, 0.15) is 6.04 Å². The molecule has 7 atom stereocenters. The van der Waals surface area contributed by atoms with Gasteiger partial charge >= 0.3 is 18.2 Å². The largest absolute Gasteiger partial charge is 0.464 e. The van der Waals surface area contributed by atoms with Crippen LogP contribution in [0.1, 0.15) is 77.6 Å². The Bertz CT molecular complexity index is 923. The molecule has 2 amide bonds. The van der Waals surface area contributed by atoms with Gasteiger partial charge in [0, 0.05) is 32.2 Å². The Labute approximate surface area is 226 Å². The van der Waals surface area contributed by atoms with Gasteiger partial charge in [0.15, 0.2) is 0 Å². The van der Waals surface area contributed by atoms with E-state index in [2.05, 4.69) is 34.3 Å². The van der Waals surface area contributed by atoms with E-state index in [0.29, 0.717) is 74.5 Å². The number of carbonyl (C=O) groups is 3. The van der Waals surface area contributed by atoms with Crippen LogP contribution in [0, 0.1) is 59.2 Å². The van der Waals surface area contributed by atoms with Gasteiger partial charge in [-0.2, -0.15) is 0 Å². The topological polar surface area (TPSA) is 103 Å². The lowest BCUT2D eigenvalue weighted by molar-refractivity contribution is -0.145. The second kappa shape index (κ2) is 14.3. The van der Waals surface area contributed by atoms with Gasteiger partial charge in [-0.05, 0) is 87.4 Å². The van der Waals surface area contributed by atoms with E-state index >= 15 is 0 Å². The summed E-state index contributed by atoms with van der Waals surface area (Å²) in [4.78, 5) is 36.9. The quantitative estimate of drug-likeness (QED) is 0.169. The molecule has 0 spiro atoms. The smallest absolute Gasteiger partial charge is 0.407 e. The Morgan fingerprint density at radius 1 is 0.737 bits per heavy atom. The molecule has 0 bridgehead atoms. The molecule has 0 aromatic heterocycles. The lowest BCUT2D eigenvalue weighted by Crippen LogP contribution is -2.42. The highest BCUT2D eigenvalue weighted by atomic mass is 16.6. The summed E-state index contributed by atoms with van der Waals surface area (Å²) in [5.74, 6) is 15.6. The number of ether oxygens (including phenoxy) is 3. The van der Waals surface area contributed by atoms with Crippen molar-refractivity contribution in [2.24, 2.45) is 35.5 Å². The molecule has 4 aliphatic rings. The van der Waals surface area contributed by atoms with E-state index in [4.69, 9.17) is 14.2 Å². The second-order valence-corrected chi connectivity index (χ2v) is 10.9. The number of carbonyl (C=O) groups excluding carboxylic acids is 3. The van der Waals surface area contributed by atoms with E-state index in [1.807, 2.05) is 0 Å². The summed E-state index contributed by atoms with van der Waals surface area (Å²) < 4.78 is 16.1. The number of esters is 1. The number of alkyl carbamates (subject to hydrolysis) is 2. The van der Waals surface area contributed by atoms with Crippen molar-refractivity contribution in [1.82, 2.24) is 10.6 Å². The molecule has 208 valence electrons. The van der Waals surface area contributed by atoms with Crippen LogP contribution in [0.2, 0.25) is 0 Å². The minimum atomic E-state index is -0.772. The average molecular weight is 527 g/mol. The van der Waals surface area contributed by atoms with Crippen molar-refractivity contribution < 1.29 is 28.6 Å². The normalized spacial score (nSPS) is 29.3. The number of amides is 2. The number of hydrogen-bond donors (Lipinski definition) is 2. The SMILES string of the molecule is CCOC(=O)[C@H](CCCCNC(=O)OCC1[C@H]2CCC#CCC[C@@H]12)NC(=O)OC[C@@H]1[C@@H]2CCC#CCC[C@@H]21. The van der Waals surface area contributed by atoms with E-state index in [0.717, 1.165) is 51.4 Å². The zero-order valence-corrected chi connectivity index (χ0v) is 22.6. The highest BCUT2D eigenvalue weighted by molar-refractivity contribution is 5.81. The maximum absolute atomic E-state index is 12.4. The van der Waals surface area contributed by atoms with Gasteiger partial charge in [-0.15, -0.1) is 23.7 Å². The molecule has 0 heterocycles. The van der Waals surface area contributed by atoms with E-state index in [1.165, 1.54) is 0 Å². The Kier molecular flexibility index (Phi) is 10.6. The molecule has 2 fully saturated rings. The summed E-state index contributed by atoms with van der Waals surface area (Å²) in [5.41, 5.74) is 0. The van der Waals surface area contributed by atoms with Gasteiger partial charge in [0.05, 0.1) is 19.8 Å². The third kappa shape index (κ3) is 8.32. The fourth-order valence-electron chi connectivity index (χ4n) is 6.30. The molecule has 2 N–H and O–H groups in total. The number of fused-ring (bicyclic) bond motifs is 2. The number of nitrogens with one attached hydrogen (secondary N) is 2. The van der Waals surface area contributed by atoms with Crippen molar-refractivity contribution in [1.29, 1.82) is 0 Å². The highest BCUT2D eigenvalue weighted by Gasteiger charge is 2.50. The van der Waals surface area contributed by atoms with Crippen molar-refractivity contribution in [3.63, 3.8) is 0 Å². The first-order valence-electron chi connectivity index (χ1n) is 14.5. The molecule has 38 heavy (non-hydrogen) atoms. The van der Waals surface area contributed by atoms with Crippen LogP contribution in [-0.2, 0) is 19.0 Å². The van der Waals surface area contributed by atoms with Gasteiger partial charge in [-0.1, -0.05) is 0 Å². The Morgan fingerprint density at radius 3 is 1.74 bits per heavy atom. The molecule has 0 saturated heterocycles. The van der Waals surface area contributed by atoms with Crippen molar-refractivity contribution >= 4 is 18.2 Å². The molecule has 4 rings (SSSR count). The number of rotatable bonds is 12. The molecule has 4 aliphatic carbocycles. The fraction of sp³-hybridized carbons (Fsp3) is 0.767. The predicted molar refractivity (Wildman–Crippen MR) is 142 cm³/mol. The Morgan fingerprint density at radius 2 is 1.24 bits per heavy atom. The zero-order chi connectivity index (χ0) is 26.7. The summed E-state index contributed by atoms with van der Waals surface area (Å²) in [7, 11) is 0. The van der Waals surface area contributed by atoms with Crippen molar-refractivity contribution in [3.05, 3.63) is 0 Å². The van der Waals surface area contributed by atoms with E-state index < -0.39 is 24.2 Å². The summed E-state index contributed by atoms with van der Waals surface area (Å²) in [6.07, 6.45) is 8.77. The Balaban J connectivity index is 1.08. The van der Waals surface area contributed by atoms with Crippen LogP contribution >= 0.6 is 0 Å². The van der Waals surface area contributed by atoms with E-state index in [-0.39, 0.29) is 6.61 Å². The predicted octanol–water partition coefficient (Wildman–Crippen LogP) is 4.42. The summed E-state index contributed by atoms with van der Waals surface area (Å²) in [6.45, 7) is 3.26. The summed E-state index contributed by atoms with van der Waals surface area (Å²) >= 11 is 0. The molecule has 0 aromatic rings. The molecule has 8 heteroatoms. The molecule has 1 unspecified atom stereocenters. The second-order valence-electron chi connectivity index (χ2n) is 10.9. The van der Waals surface area contributed by atoms with Crippen LogP contribution in [0.25, 0.3) is 0 Å². The minimum absolute atomic E-state index is 0.239. The first kappa shape index (κ1) is 28.1. The highest BCUT2D eigenvalue weighted by Crippen LogP contribution is 2.53.